The van der Waals surface area contributed by atoms with Crippen molar-refractivity contribution in [1.82, 2.24) is 0 Å². The number of esters is 1. The van der Waals surface area contributed by atoms with E-state index in [2.05, 4.69) is 5.32 Å². The summed E-state index contributed by atoms with van der Waals surface area (Å²) in [6.45, 7) is 5.39. The van der Waals surface area contributed by atoms with Gasteiger partial charge in [0.2, 0.25) is 5.91 Å². The van der Waals surface area contributed by atoms with Gasteiger partial charge in [-0.3, -0.25) is 4.79 Å². The van der Waals surface area contributed by atoms with Gasteiger partial charge >= 0.3 is 5.97 Å². The van der Waals surface area contributed by atoms with Crippen LogP contribution in [0.25, 0.3) is 0 Å². The summed E-state index contributed by atoms with van der Waals surface area (Å²) in [7, 11) is 0. The van der Waals surface area contributed by atoms with Gasteiger partial charge in [-0.05, 0) is 37.6 Å². The van der Waals surface area contributed by atoms with Crippen molar-refractivity contribution in [2.75, 3.05) is 11.9 Å². The summed E-state index contributed by atoms with van der Waals surface area (Å²) in [5.74, 6) is 0.0663. The molecule has 19 heavy (non-hydrogen) atoms. The van der Waals surface area contributed by atoms with E-state index < -0.39 is 6.10 Å². The van der Waals surface area contributed by atoms with Crippen LogP contribution >= 0.6 is 0 Å². The maximum absolute atomic E-state index is 11.6. The van der Waals surface area contributed by atoms with Gasteiger partial charge in [-0.1, -0.05) is 6.92 Å². The maximum atomic E-state index is 11.6. The Kier molecular flexibility index (Phi) is 5.85. The Bertz CT molecular complexity index is 428. The Balaban J connectivity index is 2.65. The maximum Gasteiger partial charge on any atom is 0.347 e. The minimum absolute atomic E-state index is 0.133. The van der Waals surface area contributed by atoms with Crippen molar-refractivity contribution in [3.05, 3.63) is 24.3 Å². The molecule has 1 atom stereocenters. The summed E-state index contributed by atoms with van der Waals surface area (Å²) in [5.41, 5.74) is 0.684. The number of hydrogen-bond acceptors (Lipinski definition) is 4. The molecule has 0 saturated heterocycles. The summed E-state index contributed by atoms with van der Waals surface area (Å²) >= 11 is 0. The highest BCUT2D eigenvalue weighted by atomic mass is 16.6. The molecule has 0 aliphatic carbocycles. The number of nitrogens with one attached hydrogen (secondary N) is 1. The SMILES string of the molecule is CCOC(=O)C(CC)Oc1ccc(NC(C)=O)cc1. The summed E-state index contributed by atoms with van der Waals surface area (Å²) < 4.78 is 10.5. The Morgan fingerprint density at radius 3 is 2.32 bits per heavy atom. The van der Waals surface area contributed by atoms with E-state index in [4.69, 9.17) is 9.47 Å². The molecule has 1 rings (SSSR count). The van der Waals surface area contributed by atoms with Crippen LogP contribution < -0.4 is 10.1 Å². The first kappa shape index (κ1) is 15.0. The number of rotatable bonds is 6. The molecule has 1 aromatic rings. The molecule has 0 aromatic heterocycles. The zero-order valence-corrected chi connectivity index (χ0v) is 11.4. The molecule has 1 aromatic carbocycles. The minimum Gasteiger partial charge on any atom is -0.479 e. The van der Waals surface area contributed by atoms with E-state index in [9.17, 15) is 9.59 Å². The molecule has 0 saturated carbocycles. The zero-order valence-electron chi connectivity index (χ0n) is 11.4. The molecular weight excluding hydrogens is 246 g/mol. The lowest BCUT2D eigenvalue weighted by Crippen LogP contribution is -2.28. The summed E-state index contributed by atoms with van der Waals surface area (Å²) in [6, 6.07) is 6.84. The molecule has 0 aliphatic rings. The average molecular weight is 265 g/mol. The summed E-state index contributed by atoms with van der Waals surface area (Å²) in [4.78, 5) is 22.5. The number of benzene rings is 1. The lowest BCUT2D eigenvalue weighted by atomic mass is 10.2. The van der Waals surface area contributed by atoms with Gasteiger partial charge in [0, 0.05) is 12.6 Å². The minimum atomic E-state index is -0.605. The van der Waals surface area contributed by atoms with Crippen molar-refractivity contribution >= 4 is 17.6 Å². The predicted octanol–water partition coefficient (Wildman–Crippen LogP) is 2.37. The summed E-state index contributed by atoms with van der Waals surface area (Å²) in [6.07, 6.45) is -0.0710. The highest BCUT2D eigenvalue weighted by molar-refractivity contribution is 5.88. The first-order valence-corrected chi connectivity index (χ1v) is 6.27. The zero-order chi connectivity index (χ0) is 14.3. The van der Waals surface area contributed by atoms with E-state index in [0.29, 0.717) is 24.5 Å². The van der Waals surface area contributed by atoms with Crippen LogP contribution in [0.5, 0.6) is 5.75 Å². The fourth-order valence-corrected chi connectivity index (χ4v) is 1.52. The second-order valence-corrected chi connectivity index (χ2v) is 3.97. The van der Waals surface area contributed by atoms with Gasteiger partial charge < -0.3 is 14.8 Å². The van der Waals surface area contributed by atoms with Crippen LogP contribution in [0.3, 0.4) is 0 Å². The fraction of sp³-hybridized carbons (Fsp3) is 0.429. The van der Waals surface area contributed by atoms with Gasteiger partial charge in [0.1, 0.15) is 5.75 Å². The molecule has 1 N–H and O–H groups in total. The van der Waals surface area contributed by atoms with Gasteiger partial charge in [0.05, 0.1) is 6.61 Å². The Hall–Kier alpha value is -2.04. The highest BCUT2D eigenvalue weighted by Crippen LogP contribution is 2.18. The monoisotopic (exact) mass is 265 g/mol. The number of amides is 1. The Morgan fingerprint density at radius 2 is 1.84 bits per heavy atom. The normalized spacial score (nSPS) is 11.5. The van der Waals surface area contributed by atoms with E-state index in [1.54, 1.807) is 31.2 Å². The van der Waals surface area contributed by atoms with Crippen molar-refractivity contribution in [2.45, 2.75) is 33.3 Å². The van der Waals surface area contributed by atoms with Gasteiger partial charge in [-0.2, -0.15) is 0 Å². The number of carbonyl (C=O) groups excluding carboxylic acids is 2. The molecule has 0 radical (unpaired) electrons. The van der Waals surface area contributed by atoms with Gasteiger partial charge in [-0.25, -0.2) is 4.79 Å². The van der Waals surface area contributed by atoms with Crippen LogP contribution in [-0.4, -0.2) is 24.6 Å². The first-order valence-electron chi connectivity index (χ1n) is 6.27. The summed E-state index contributed by atoms with van der Waals surface area (Å²) in [5, 5.41) is 2.66. The molecule has 1 amide bonds. The van der Waals surface area contributed by atoms with Crippen LogP contribution in [0.2, 0.25) is 0 Å². The smallest absolute Gasteiger partial charge is 0.347 e. The van der Waals surface area contributed by atoms with E-state index in [1.807, 2.05) is 6.92 Å². The molecule has 104 valence electrons. The van der Waals surface area contributed by atoms with Gasteiger partial charge in [-0.15, -0.1) is 0 Å². The van der Waals surface area contributed by atoms with Crippen molar-refractivity contribution < 1.29 is 19.1 Å². The van der Waals surface area contributed by atoms with Crippen molar-refractivity contribution in [2.24, 2.45) is 0 Å². The van der Waals surface area contributed by atoms with Crippen molar-refractivity contribution in [1.29, 1.82) is 0 Å². The Labute approximate surface area is 112 Å². The molecule has 0 fully saturated rings. The third-order valence-corrected chi connectivity index (χ3v) is 2.37. The molecule has 0 spiro atoms. The topological polar surface area (TPSA) is 64.6 Å². The van der Waals surface area contributed by atoms with E-state index in [-0.39, 0.29) is 11.9 Å². The molecular formula is C14H19NO4. The number of ether oxygens (including phenoxy) is 2. The third-order valence-electron chi connectivity index (χ3n) is 2.37. The Morgan fingerprint density at radius 1 is 1.21 bits per heavy atom. The number of anilines is 1. The average Bonchev–Trinajstić information content (AvgIpc) is 2.37. The second kappa shape index (κ2) is 7.41. The van der Waals surface area contributed by atoms with Crippen molar-refractivity contribution in [3.8, 4) is 5.75 Å². The van der Waals surface area contributed by atoms with Crippen LogP contribution in [0.4, 0.5) is 5.69 Å². The highest BCUT2D eigenvalue weighted by Gasteiger charge is 2.19. The first-order chi connectivity index (χ1) is 9.06. The van der Waals surface area contributed by atoms with Crippen LogP contribution in [0, 0.1) is 0 Å². The lowest BCUT2D eigenvalue weighted by Gasteiger charge is -2.16. The van der Waals surface area contributed by atoms with Crippen molar-refractivity contribution in [3.63, 3.8) is 0 Å². The van der Waals surface area contributed by atoms with E-state index in [1.165, 1.54) is 6.92 Å². The third kappa shape index (κ3) is 4.99. The standard InChI is InChI=1S/C14H19NO4/c1-4-13(14(17)18-5-2)19-12-8-6-11(7-9-12)15-10(3)16/h6-9,13H,4-5H2,1-3H3,(H,15,16). The number of carbonyl (C=O) groups is 2. The fourth-order valence-electron chi connectivity index (χ4n) is 1.52. The quantitative estimate of drug-likeness (QED) is 0.802. The van der Waals surface area contributed by atoms with Crippen LogP contribution in [0.15, 0.2) is 24.3 Å². The van der Waals surface area contributed by atoms with Gasteiger partial charge in [0.15, 0.2) is 6.10 Å². The van der Waals surface area contributed by atoms with E-state index in [0.717, 1.165) is 0 Å². The molecule has 5 heteroatoms. The lowest BCUT2D eigenvalue weighted by molar-refractivity contribution is -0.151. The van der Waals surface area contributed by atoms with Crippen LogP contribution in [0.1, 0.15) is 27.2 Å². The molecule has 0 heterocycles. The molecule has 0 bridgehead atoms. The van der Waals surface area contributed by atoms with Crippen LogP contribution in [-0.2, 0) is 14.3 Å². The van der Waals surface area contributed by atoms with Gasteiger partial charge in [0.25, 0.3) is 0 Å². The number of hydrogen-bond donors (Lipinski definition) is 1. The predicted molar refractivity (Wildman–Crippen MR) is 72.1 cm³/mol. The molecule has 0 aliphatic heterocycles. The molecule has 1 unspecified atom stereocenters. The second-order valence-electron chi connectivity index (χ2n) is 3.97. The largest absolute Gasteiger partial charge is 0.479 e. The van der Waals surface area contributed by atoms with E-state index >= 15 is 0 Å². The molecule has 5 nitrogen and oxygen atoms in total.